The monoisotopic (exact) mass is 474 g/mol. The van der Waals surface area contributed by atoms with E-state index in [2.05, 4.69) is 10.6 Å². The second-order valence-electron chi connectivity index (χ2n) is 7.07. The van der Waals surface area contributed by atoms with Gasteiger partial charge in [0, 0.05) is 21.7 Å². The number of phenols is 1. The summed E-state index contributed by atoms with van der Waals surface area (Å²) in [6.07, 6.45) is 2.82. The van der Waals surface area contributed by atoms with Gasteiger partial charge in [0.1, 0.15) is 17.3 Å². The molecule has 3 aromatic rings. The smallest absolute Gasteiger partial charge is 0.250 e. The second-order valence-corrected chi connectivity index (χ2v) is 8.35. The van der Waals surface area contributed by atoms with Crippen LogP contribution in [0, 0.1) is 0 Å². The van der Waals surface area contributed by atoms with Gasteiger partial charge in [-0.15, -0.1) is 0 Å². The Hall–Kier alpha value is -2.80. The Morgan fingerprint density at radius 1 is 1.10 bits per heavy atom. The normalized spacial score (nSPS) is 11.1. The van der Waals surface area contributed by atoms with E-state index in [-0.39, 0.29) is 16.8 Å². The molecule has 0 aliphatic carbocycles. The van der Waals surface area contributed by atoms with Crippen LogP contribution in [-0.2, 0) is 4.79 Å². The largest absolute Gasteiger partial charge is 0.506 e. The molecule has 0 aliphatic heterocycles. The Balaban J connectivity index is 1.61. The summed E-state index contributed by atoms with van der Waals surface area (Å²) in [6.45, 7) is 4.09. The number of halogens is 2. The van der Waals surface area contributed by atoms with Crippen LogP contribution in [0.4, 0.5) is 5.69 Å². The molecule has 0 unspecified atom stereocenters. The first kappa shape index (κ1) is 22.9. The van der Waals surface area contributed by atoms with Crippen molar-refractivity contribution in [2.24, 2.45) is 0 Å². The first-order chi connectivity index (χ1) is 14.7. The highest BCUT2D eigenvalue weighted by Gasteiger charge is 2.09. The predicted molar refractivity (Wildman–Crippen MR) is 130 cm³/mol. The maximum absolute atomic E-state index is 12.2. The van der Waals surface area contributed by atoms with E-state index in [4.69, 9.17) is 39.8 Å². The van der Waals surface area contributed by atoms with Crippen LogP contribution in [0.3, 0.4) is 0 Å². The van der Waals surface area contributed by atoms with Crippen molar-refractivity contribution in [2.45, 2.75) is 19.8 Å². The summed E-state index contributed by atoms with van der Waals surface area (Å²) in [7, 11) is 0. The third-order valence-corrected chi connectivity index (χ3v) is 4.99. The van der Waals surface area contributed by atoms with E-state index in [0.29, 0.717) is 27.3 Å². The van der Waals surface area contributed by atoms with Gasteiger partial charge in [-0.25, -0.2) is 0 Å². The summed E-state index contributed by atoms with van der Waals surface area (Å²) >= 11 is 17.2. The molecule has 0 saturated heterocycles. The van der Waals surface area contributed by atoms with Crippen LogP contribution >= 0.6 is 35.4 Å². The lowest BCUT2D eigenvalue weighted by molar-refractivity contribution is -0.115. The molecule has 0 saturated carbocycles. The number of hydrogen-bond acceptors (Lipinski definition) is 4. The van der Waals surface area contributed by atoms with Gasteiger partial charge in [-0.1, -0.05) is 43.1 Å². The molecule has 0 atom stereocenters. The Morgan fingerprint density at radius 3 is 2.48 bits per heavy atom. The van der Waals surface area contributed by atoms with Crippen LogP contribution in [0.5, 0.6) is 5.75 Å². The number of thiocarbonyl (C=S) groups is 1. The van der Waals surface area contributed by atoms with Gasteiger partial charge in [-0.05, 0) is 72.2 Å². The maximum Gasteiger partial charge on any atom is 0.250 e. The van der Waals surface area contributed by atoms with Crippen molar-refractivity contribution in [1.82, 2.24) is 5.32 Å². The van der Waals surface area contributed by atoms with Crippen molar-refractivity contribution in [1.29, 1.82) is 0 Å². The molecule has 0 bridgehead atoms. The van der Waals surface area contributed by atoms with E-state index < -0.39 is 5.91 Å². The van der Waals surface area contributed by atoms with Crippen molar-refractivity contribution in [3.05, 3.63) is 76.0 Å². The zero-order chi connectivity index (χ0) is 22.5. The first-order valence-corrected chi connectivity index (χ1v) is 10.6. The van der Waals surface area contributed by atoms with Crippen LogP contribution in [0.1, 0.15) is 31.1 Å². The van der Waals surface area contributed by atoms with Gasteiger partial charge in [0.2, 0.25) is 5.91 Å². The van der Waals surface area contributed by atoms with Crippen molar-refractivity contribution >= 4 is 58.2 Å². The number of aromatic hydroxyl groups is 1. The zero-order valence-electron chi connectivity index (χ0n) is 16.8. The summed E-state index contributed by atoms with van der Waals surface area (Å²) in [5.41, 5.74) is 2.19. The molecule has 1 aromatic heterocycles. The van der Waals surface area contributed by atoms with Gasteiger partial charge in [0.25, 0.3) is 0 Å². The van der Waals surface area contributed by atoms with Crippen molar-refractivity contribution in [2.75, 3.05) is 5.32 Å². The van der Waals surface area contributed by atoms with Crippen molar-refractivity contribution in [3.63, 3.8) is 0 Å². The Labute approximate surface area is 195 Å². The molecule has 3 N–H and O–H groups in total. The van der Waals surface area contributed by atoms with E-state index in [1.807, 2.05) is 19.9 Å². The standard InChI is InChI=1S/C23H20Cl2N2O3S/c1-13(2)14-3-6-20(28)19(11-14)26-23(31)27-22(29)8-5-18-4-7-21(30-18)15-9-16(24)12-17(25)10-15/h3-13,28H,1-2H3,(H2,26,27,29,31)/b8-5+. The minimum Gasteiger partial charge on any atom is -0.506 e. The van der Waals surface area contributed by atoms with Gasteiger partial charge in [-0.2, -0.15) is 0 Å². The molecule has 0 spiro atoms. The predicted octanol–water partition coefficient (Wildman–Crippen LogP) is 6.61. The second kappa shape index (κ2) is 10.0. The Kier molecular flexibility index (Phi) is 7.38. The molecule has 160 valence electrons. The molecule has 3 rings (SSSR count). The molecule has 1 heterocycles. The van der Waals surface area contributed by atoms with Gasteiger partial charge >= 0.3 is 0 Å². The summed E-state index contributed by atoms with van der Waals surface area (Å²) < 4.78 is 5.72. The van der Waals surface area contributed by atoms with Crippen molar-refractivity contribution in [3.8, 4) is 17.1 Å². The van der Waals surface area contributed by atoms with E-state index in [1.54, 1.807) is 42.5 Å². The number of phenolic OH excluding ortho intramolecular Hbond substituents is 1. The molecule has 0 aliphatic rings. The quantitative estimate of drug-likeness (QED) is 0.220. The highest BCUT2D eigenvalue weighted by atomic mass is 35.5. The van der Waals surface area contributed by atoms with Crippen LogP contribution in [0.15, 0.2) is 59.0 Å². The molecule has 5 nitrogen and oxygen atoms in total. The molecule has 1 amide bonds. The van der Waals surface area contributed by atoms with Gasteiger partial charge < -0.3 is 14.8 Å². The maximum atomic E-state index is 12.2. The van der Waals surface area contributed by atoms with Crippen LogP contribution in [0.2, 0.25) is 10.0 Å². The number of carbonyl (C=O) groups is 1. The molecule has 0 fully saturated rings. The van der Waals surface area contributed by atoms with Crippen LogP contribution < -0.4 is 10.6 Å². The summed E-state index contributed by atoms with van der Waals surface area (Å²) in [5, 5.41) is 16.4. The topological polar surface area (TPSA) is 74.5 Å². The average Bonchev–Trinajstić information content (AvgIpc) is 3.16. The SMILES string of the molecule is CC(C)c1ccc(O)c(NC(=S)NC(=O)/C=C/c2ccc(-c3cc(Cl)cc(Cl)c3)o2)c1. The van der Waals surface area contributed by atoms with E-state index in [9.17, 15) is 9.90 Å². The highest BCUT2D eigenvalue weighted by Crippen LogP contribution is 2.29. The summed E-state index contributed by atoms with van der Waals surface area (Å²) in [6, 6.07) is 13.8. The Bertz CT molecular complexity index is 1140. The number of hydrogen-bond donors (Lipinski definition) is 3. The van der Waals surface area contributed by atoms with Gasteiger partial charge in [-0.3, -0.25) is 10.1 Å². The molecular formula is C23H20Cl2N2O3S. The fraction of sp³-hybridized carbons (Fsp3) is 0.130. The lowest BCUT2D eigenvalue weighted by Crippen LogP contribution is -2.32. The number of carbonyl (C=O) groups excluding carboxylic acids is 1. The number of nitrogens with one attached hydrogen (secondary N) is 2. The van der Waals surface area contributed by atoms with Gasteiger partial charge in [0.15, 0.2) is 5.11 Å². The van der Waals surface area contributed by atoms with Crippen LogP contribution in [-0.4, -0.2) is 16.1 Å². The van der Waals surface area contributed by atoms with Crippen molar-refractivity contribution < 1.29 is 14.3 Å². The third-order valence-electron chi connectivity index (χ3n) is 4.35. The minimum absolute atomic E-state index is 0.0424. The highest BCUT2D eigenvalue weighted by molar-refractivity contribution is 7.80. The van der Waals surface area contributed by atoms with E-state index >= 15 is 0 Å². The number of furan rings is 1. The minimum atomic E-state index is -0.444. The van der Waals surface area contributed by atoms with Gasteiger partial charge in [0.05, 0.1) is 5.69 Å². The number of rotatable bonds is 5. The fourth-order valence-electron chi connectivity index (χ4n) is 2.77. The van der Waals surface area contributed by atoms with Crippen LogP contribution in [0.25, 0.3) is 17.4 Å². The third kappa shape index (κ3) is 6.34. The Morgan fingerprint density at radius 2 is 1.81 bits per heavy atom. The molecule has 8 heteroatoms. The molecule has 31 heavy (non-hydrogen) atoms. The molecule has 2 aromatic carbocycles. The zero-order valence-corrected chi connectivity index (χ0v) is 19.1. The number of anilines is 1. The number of amides is 1. The van der Waals surface area contributed by atoms with E-state index in [1.165, 1.54) is 12.2 Å². The van der Waals surface area contributed by atoms with E-state index in [0.717, 1.165) is 11.1 Å². The lowest BCUT2D eigenvalue weighted by Gasteiger charge is -2.13. The summed E-state index contributed by atoms with van der Waals surface area (Å²) in [4.78, 5) is 12.2. The molecule has 0 radical (unpaired) electrons. The fourth-order valence-corrected chi connectivity index (χ4v) is 3.51. The summed E-state index contributed by atoms with van der Waals surface area (Å²) in [5.74, 6) is 0.930. The first-order valence-electron chi connectivity index (χ1n) is 9.40. The number of benzene rings is 2. The average molecular weight is 475 g/mol. The molecular weight excluding hydrogens is 455 g/mol. The lowest BCUT2D eigenvalue weighted by atomic mass is 10.0.